The van der Waals surface area contributed by atoms with Gasteiger partial charge in [-0.05, 0) is 12.0 Å². The Morgan fingerprint density at radius 1 is 1.14 bits per heavy atom. The largest absolute Gasteiger partial charge is 0.396 e. The van der Waals surface area contributed by atoms with Crippen LogP contribution in [0.25, 0.3) is 0 Å². The summed E-state index contributed by atoms with van der Waals surface area (Å²) < 4.78 is 5.55. The van der Waals surface area contributed by atoms with Crippen LogP contribution in [0.3, 0.4) is 0 Å². The third kappa shape index (κ3) is 4.23. The lowest BCUT2D eigenvalue weighted by molar-refractivity contribution is -0.0119. The van der Waals surface area contributed by atoms with Crippen molar-refractivity contribution in [2.75, 3.05) is 13.2 Å². The van der Waals surface area contributed by atoms with E-state index in [9.17, 15) is 15.3 Å². The molecule has 5 N–H and O–H groups in total. The SMILES string of the molecule is OCC[C@H](O)[C@H]1N[C@H](COCc2ccccc2)[C@@H](O)[C@H]1O. The second kappa shape index (κ2) is 7.84. The first-order chi connectivity index (χ1) is 10.1. The van der Waals surface area contributed by atoms with E-state index in [4.69, 9.17) is 9.84 Å². The summed E-state index contributed by atoms with van der Waals surface area (Å²) in [5.41, 5.74) is 1.03. The molecule has 0 bridgehead atoms. The van der Waals surface area contributed by atoms with Gasteiger partial charge in [-0.1, -0.05) is 30.3 Å². The Morgan fingerprint density at radius 2 is 1.86 bits per heavy atom. The fourth-order valence-electron chi connectivity index (χ4n) is 2.57. The third-order valence-electron chi connectivity index (χ3n) is 3.78. The summed E-state index contributed by atoms with van der Waals surface area (Å²) in [6, 6.07) is 8.57. The monoisotopic (exact) mass is 297 g/mol. The number of ether oxygens (including phenoxy) is 1. The van der Waals surface area contributed by atoms with Crippen molar-refractivity contribution in [2.24, 2.45) is 0 Å². The fraction of sp³-hybridized carbons (Fsp3) is 0.600. The molecule has 6 heteroatoms. The highest BCUT2D eigenvalue weighted by molar-refractivity contribution is 5.13. The van der Waals surface area contributed by atoms with E-state index in [1.54, 1.807) is 0 Å². The lowest BCUT2D eigenvalue weighted by Crippen LogP contribution is -2.44. The van der Waals surface area contributed by atoms with E-state index in [-0.39, 0.29) is 19.6 Å². The van der Waals surface area contributed by atoms with Crippen LogP contribution in [0, 0.1) is 0 Å². The summed E-state index contributed by atoms with van der Waals surface area (Å²) in [4.78, 5) is 0. The Morgan fingerprint density at radius 3 is 2.52 bits per heavy atom. The standard InChI is InChI=1S/C15H23NO5/c17-7-6-12(18)13-15(20)14(19)11(16-13)9-21-8-10-4-2-1-3-5-10/h1-5,11-20H,6-9H2/t11-,12+,13-,14-,15+/m1/s1. The molecule has 1 aromatic carbocycles. The van der Waals surface area contributed by atoms with Crippen LogP contribution in [0.1, 0.15) is 12.0 Å². The van der Waals surface area contributed by atoms with Gasteiger partial charge < -0.3 is 30.5 Å². The minimum atomic E-state index is -1.07. The van der Waals surface area contributed by atoms with Gasteiger partial charge in [-0.25, -0.2) is 0 Å². The van der Waals surface area contributed by atoms with Gasteiger partial charge in [-0.3, -0.25) is 0 Å². The maximum absolute atomic E-state index is 9.98. The second-order valence-corrected chi connectivity index (χ2v) is 5.36. The Balaban J connectivity index is 1.81. The van der Waals surface area contributed by atoms with Gasteiger partial charge in [0.15, 0.2) is 0 Å². The number of aliphatic hydroxyl groups excluding tert-OH is 4. The van der Waals surface area contributed by atoms with Crippen LogP contribution in [0.2, 0.25) is 0 Å². The number of hydrogen-bond acceptors (Lipinski definition) is 6. The number of benzene rings is 1. The van der Waals surface area contributed by atoms with Crippen molar-refractivity contribution in [3.63, 3.8) is 0 Å². The van der Waals surface area contributed by atoms with Gasteiger partial charge >= 0.3 is 0 Å². The minimum absolute atomic E-state index is 0.152. The van der Waals surface area contributed by atoms with Crippen molar-refractivity contribution < 1.29 is 25.2 Å². The van der Waals surface area contributed by atoms with Gasteiger partial charge in [-0.15, -0.1) is 0 Å². The Kier molecular flexibility index (Phi) is 6.10. The third-order valence-corrected chi connectivity index (χ3v) is 3.78. The van der Waals surface area contributed by atoms with Gasteiger partial charge in [0.05, 0.1) is 43.6 Å². The predicted molar refractivity (Wildman–Crippen MR) is 76.5 cm³/mol. The number of aliphatic hydroxyl groups is 4. The van der Waals surface area contributed by atoms with Crippen molar-refractivity contribution in [2.45, 2.75) is 43.4 Å². The summed E-state index contributed by atoms with van der Waals surface area (Å²) in [7, 11) is 0. The zero-order valence-corrected chi connectivity index (χ0v) is 11.8. The topological polar surface area (TPSA) is 102 Å². The molecule has 1 aromatic rings. The van der Waals surface area contributed by atoms with E-state index < -0.39 is 30.4 Å². The normalized spacial score (nSPS) is 30.5. The summed E-state index contributed by atoms with van der Waals surface area (Å²) in [5.74, 6) is 0. The first-order valence-corrected chi connectivity index (χ1v) is 7.16. The van der Waals surface area contributed by atoms with E-state index in [1.807, 2.05) is 30.3 Å². The van der Waals surface area contributed by atoms with Crippen molar-refractivity contribution >= 4 is 0 Å². The average Bonchev–Trinajstić information content (AvgIpc) is 2.77. The lowest BCUT2D eigenvalue weighted by atomic mass is 10.0. The zero-order chi connectivity index (χ0) is 15.2. The summed E-state index contributed by atoms with van der Waals surface area (Å²) in [6.45, 7) is 0.485. The molecule has 0 aliphatic carbocycles. The number of nitrogens with one attached hydrogen (secondary N) is 1. The molecule has 6 nitrogen and oxygen atoms in total. The summed E-state index contributed by atoms with van der Waals surface area (Å²) in [6.07, 6.45) is -2.83. The molecule has 2 rings (SSSR count). The van der Waals surface area contributed by atoms with Crippen LogP contribution in [0.15, 0.2) is 30.3 Å². The first-order valence-electron chi connectivity index (χ1n) is 7.16. The molecule has 5 atom stereocenters. The van der Waals surface area contributed by atoms with E-state index in [0.29, 0.717) is 6.61 Å². The molecule has 0 amide bonds. The first kappa shape index (κ1) is 16.4. The highest BCUT2D eigenvalue weighted by Gasteiger charge is 2.43. The van der Waals surface area contributed by atoms with E-state index in [1.165, 1.54) is 0 Å². The van der Waals surface area contributed by atoms with Crippen LogP contribution < -0.4 is 5.32 Å². The Bertz CT molecular complexity index is 416. The van der Waals surface area contributed by atoms with Gasteiger partial charge in [0.25, 0.3) is 0 Å². The van der Waals surface area contributed by atoms with Crippen LogP contribution in [0.4, 0.5) is 0 Å². The second-order valence-electron chi connectivity index (χ2n) is 5.36. The molecule has 1 fully saturated rings. The van der Waals surface area contributed by atoms with Crippen LogP contribution in [0.5, 0.6) is 0 Å². The number of rotatable bonds is 7. The molecular weight excluding hydrogens is 274 g/mol. The summed E-state index contributed by atoms with van der Waals surface area (Å²) >= 11 is 0. The quantitative estimate of drug-likeness (QED) is 0.443. The Hall–Kier alpha value is -1.02. The van der Waals surface area contributed by atoms with Gasteiger partial charge in [0, 0.05) is 6.61 Å². The molecule has 1 aliphatic rings. The van der Waals surface area contributed by atoms with Crippen LogP contribution >= 0.6 is 0 Å². The molecule has 0 unspecified atom stereocenters. The van der Waals surface area contributed by atoms with Crippen molar-refractivity contribution in [1.29, 1.82) is 0 Å². The fourth-order valence-corrected chi connectivity index (χ4v) is 2.57. The summed E-state index contributed by atoms with van der Waals surface area (Å²) in [5, 5.41) is 41.5. The van der Waals surface area contributed by atoms with Gasteiger partial charge in [0.2, 0.25) is 0 Å². The zero-order valence-electron chi connectivity index (χ0n) is 11.8. The van der Waals surface area contributed by atoms with Crippen molar-refractivity contribution in [3.05, 3.63) is 35.9 Å². The number of hydrogen-bond donors (Lipinski definition) is 5. The minimum Gasteiger partial charge on any atom is -0.396 e. The average molecular weight is 297 g/mol. The highest BCUT2D eigenvalue weighted by Crippen LogP contribution is 2.19. The van der Waals surface area contributed by atoms with Gasteiger partial charge in [-0.2, -0.15) is 0 Å². The maximum atomic E-state index is 9.98. The molecular formula is C15H23NO5. The smallest absolute Gasteiger partial charge is 0.0993 e. The molecule has 118 valence electrons. The molecule has 0 radical (unpaired) electrons. The molecule has 0 saturated carbocycles. The molecule has 1 heterocycles. The van der Waals surface area contributed by atoms with Crippen molar-refractivity contribution in [3.8, 4) is 0 Å². The predicted octanol–water partition coefficient (Wildman–Crippen LogP) is -0.991. The molecule has 0 spiro atoms. The molecule has 1 saturated heterocycles. The van der Waals surface area contributed by atoms with E-state index >= 15 is 0 Å². The van der Waals surface area contributed by atoms with Crippen LogP contribution in [-0.2, 0) is 11.3 Å². The highest BCUT2D eigenvalue weighted by atomic mass is 16.5. The van der Waals surface area contributed by atoms with Crippen LogP contribution in [-0.4, -0.2) is 64.0 Å². The van der Waals surface area contributed by atoms with E-state index in [0.717, 1.165) is 5.56 Å². The lowest BCUT2D eigenvalue weighted by Gasteiger charge is -2.21. The Labute approximate surface area is 124 Å². The molecule has 21 heavy (non-hydrogen) atoms. The van der Waals surface area contributed by atoms with Crippen molar-refractivity contribution in [1.82, 2.24) is 5.32 Å². The molecule has 1 aliphatic heterocycles. The van der Waals surface area contributed by atoms with E-state index in [2.05, 4.69) is 5.32 Å². The maximum Gasteiger partial charge on any atom is 0.0993 e. The molecule has 0 aromatic heterocycles. The van der Waals surface area contributed by atoms with Gasteiger partial charge in [0.1, 0.15) is 0 Å².